The quantitative estimate of drug-likeness (QED) is 0.534. The fraction of sp³-hybridized carbons (Fsp3) is 0.143. The minimum absolute atomic E-state index is 0.558. The Morgan fingerprint density at radius 2 is 1.56 bits per heavy atom. The van der Waals surface area contributed by atoms with Gasteiger partial charge < -0.3 is 10.1 Å². The monoisotopic (exact) mass is 371 g/mol. The largest absolute Gasteiger partial charge is 0.489 e. The van der Waals surface area contributed by atoms with Crippen LogP contribution in [-0.2, 0) is 13.2 Å². The first-order valence-electron chi connectivity index (χ1n) is 8.06. The molecule has 2 nitrogen and oxygen atoms in total. The third-order valence-corrected chi connectivity index (χ3v) is 4.18. The first-order valence-corrected chi connectivity index (χ1v) is 8.81. The van der Waals surface area contributed by atoms with Crippen molar-refractivity contribution in [1.29, 1.82) is 0 Å². The SMILES string of the molecule is Cc1cccc(COc2cccc(CNc3cc(Cl)cc(Cl)c3)c2)c1. The summed E-state index contributed by atoms with van der Waals surface area (Å²) < 4.78 is 5.91. The smallest absolute Gasteiger partial charge is 0.120 e. The summed E-state index contributed by atoms with van der Waals surface area (Å²) in [4.78, 5) is 0. The molecule has 0 aliphatic heterocycles. The molecule has 0 aromatic heterocycles. The zero-order valence-electron chi connectivity index (χ0n) is 13.9. The molecule has 0 radical (unpaired) electrons. The lowest BCUT2D eigenvalue weighted by molar-refractivity contribution is 0.306. The van der Waals surface area contributed by atoms with E-state index in [2.05, 4.69) is 36.5 Å². The van der Waals surface area contributed by atoms with Gasteiger partial charge in [-0.1, -0.05) is 65.2 Å². The van der Waals surface area contributed by atoms with Gasteiger partial charge in [0, 0.05) is 22.3 Å². The fourth-order valence-corrected chi connectivity index (χ4v) is 3.10. The molecule has 0 aliphatic carbocycles. The predicted octanol–water partition coefficient (Wildman–Crippen LogP) is 6.49. The van der Waals surface area contributed by atoms with Crippen LogP contribution in [0.3, 0.4) is 0 Å². The molecule has 0 saturated heterocycles. The lowest BCUT2D eigenvalue weighted by atomic mass is 10.1. The normalized spacial score (nSPS) is 10.5. The molecule has 0 fully saturated rings. The standard InChI is InChI=1S/C21H19Cl2NO/c1-15-4-2-6-17(8-15)14-25-21-7-3-5-16(9-21)13-24-20-11-18(22)10-19(23)12-20/h2-12,24H,13-14H2,1H3. The van der Waals surface area contributed by atoms with Crippen LogP contribution in [0.2, 0.25) is 10.0 Å². The Labute approximate surface area is 158 Å². The first-order chi connectivity index (χ1) is 12.1. The fourth-order valence-electron chi connectivity index (χ4n) is 2.57. The van der Waals surface area contributed by atoms with E-state index in [1.807, 2.05) is 36.4 Å². The van der Waals surface area contributed by atoms with Crippen molar-refractivity contribution in [3.8, 4) is 5.75 Å². The van der Waals surface area contributed by atoms with Crippen LogP contribution in [0.4, 0.5) is 5.69 Å². The molecule has 0 atom stereocenters. The van der Waals surface area contributed by atoms with Crippen molar-refractivity contribution < 1.29 is 4.74 Å². The molecule has 1 N–H and O–H groups in total. The highest BCUT2D eigenvalue weighted by Crippen LogP contribution is 2.23. The van der Waals surface area contributed by atoms with Crippen molar-refractivity contribution in [2.45, 2.75) is 20.1 Å². The number of hydrogen-bond donors (Lipinski definition) is 1. The summed E-state index contributed by atoms with van der Waals surface area (Å²) in [5.74, 6) is 0.852. The topological polar surface area (TPSA) is 21.3 Å². The second-order valence-corrected chi connectivity index (χ2v) is 6.81. The van der Waals surface area contributed by atoms with Gasteiger partial charge in [-0.2, -0.15) is 0 Å². The third kappa shape index (κ3) is 5.42. The second kappa shape index (κ2) is 8.28. The lowest BCUT2D eigenvalue weighted by Gasteiger charge is -2.11. The summed E-state index contributed by atoms with van der Waals surface area (Å²) in [6.45, 7) is 3.30. The minimum Gasteiger partial charge on any atom is -0.489 e. The van der Waals surface area contributed by atoms with Crippen LogP contribution in [0.5, 0.6) is 5.75 Å². The van der Waals surface area contributed by atoms with E-state index in [0.29, 0.717) is 23.2 Å². The molecule has 3 aromatic rings. The molecule has 0 spiro atoms. The molecule has 0 bridgehead atoms. The molecule has 128 valence electrons. The van der Waals surface area contributed by atoms with E-state index in [-0.39, 0.29) is 0 Å². The summed E-state index contributed by atoms with van der Waals surface area (Å²) in [6.07, 6.45) is 0. The van der Waals surface area contributed by atoms with E-state index in [1.54, 1.807) is 6.07 Å². The summed E-state index contributed by atoms with van der Waals surface area (Å²) in [7, 11) is 0. The van der Waals surface area contributed by atoms with Crippen molar-refractivity contribution in [2.75, 3.05) is 5.32 Å². The van der Waals surface area contributed by atoms with Gasteiger partial charge in [0.15, 0.2) is 0 Å². The van der Waals surface area contributed by atoms with Gasteiger partial charge in [-0.3, -0.25) is 0 Å². The number of benzene rings is 3. The molecular formula is C21H19Cl2NO. The highest BCUT2D eigenvalue weighted by atomic mass is 35.5. The van der Waals surface area contributed by atoms with Gasteiger partial charge in [0.05, 0.1) is 0 Å². The third-order valence-electron chi connectivity index (χ3n) is 3.75. The van der Waals surface area contributed by atoms with Crippen LogP contribution in [0.25, 0.3) is 0 Å². The predicted molar refractivity (Wildman–Crippen MR) is 106 cm³/mol. The summed E-state index contributed by atoms with van der Waals surface area (Å²) >= 11 is 12.0. The van der Waals surface area contributed by atoms with Crippen molar-refractivity contribution in [1.82, 2.24) is 0 Å². The van der Waals surface area contributed by atoms with Gasteiger partial charge in [0.1, 0.15) is 12.4 Å². The molecule has 0 aliphatic rings. The number of rotatable bonds is 6. The van der Waals surface area contributed by atoms with Gasteiger partial charge in [-0.25, -0.2) is 0 Å². The maximum absolute atomic E-state index is 6.02. The van der Waals surface area contributed by atoms with Crippen molar-refractivity contribution >= 4 is 28.9 Å². The van der Waals surface area contributed by atoms with Gasteiger partial charge in [-0.05, 0) is 48.4 Å². The van der Waals surface area contributed by atoms with Crippen LogP contribution in [0.1, 0.15) is 16.7 Å². The second-order valence-electron chi connectivity index (χ2n) is 5.94. The van der Waals surface area contributed by atoms with E-state index >= 15 is 0 Å². The highest BCUT2D eigenvalue weighted by molar-refractivity contribution is 6.35. The molecule has 0 unspecified atom stereocenters. The number of hydrogen-bond acceptors (Lipinski definition) is 2. The molecular weight excluding hydrogens is 353 g/mol. The molecule has 25 heavy (non-hydrogen) atoms. The maximum atomic E-state index is 6.02. The number of nitrogens with one attached hydrogen (secondary N) is 1. The number of halogens is 2. The van der Waals surface area contributed by atoms with Gasteiger partial charge >= 0.3 is 0 Å². The Morgan fingerprint density at radius 3 is 2.32 bits per heavy atom. The number of aryl methyl sites for hydroxylation is 1. The molecule has 3 aromatic carbocycles. The average Bonchev–Trinajstić information content (AvgIpc) is 2.58. The highest BCUT2D eigenvalue weighted by Gasteiger charge is 2.01. The molecule has 0 saturated carbocycles. The van der Waals surface area contributed by atoms with E-state index in [0.717, 1.165) is 22.6 Å². The van der Waals surface area contributed by atoms with Gasteiger partial charge in [0.2, 0.25) is 0 Å². The molecule has 4 heteroatoms. The van der Waals surface area contributed by atoms with Crippen LogP contribution >= 0.6 is 23.2 Å². The summed E-state index contributed by atoms with van der Waals surface area (Å²) in [5.41, 5.74) is 4.41. The van der Waals surface area contributed by atoms with E-state index in [1.165, 1.54) is 5.56 Å². The van der Waals surface area contributed by atoms with Crippen LogP contribution in [-0.4, -0.2) is 0 Å². The van der Waals surface area contributed by atoms with Gasteiger partial charge in [0.25, 0.3) is 0 Å². The van der Waals surface area contributed by atoms with E-state index in [4.69, 9.17) is 27.9 Å². The molecule has 0 amide bonds. The Morgan fingerprint density at radius 1 is 0.840 bits per heavy atom. The lowest BCUT2D eigenvalue weighted by Crippen LogP contribution is -2.01. The maximum Gasteiger partial charge on any atom is 0.120 e. The van der Waals surface area contributed by atoms with Crippen LogP contribution < -0.4 is 10.1 Å². The summed E-state index contributed by atoms with van der Waals surface area (Å²) in [6, 6.07) is 21.8. The summed E-state index contributed by atoms with van der Waals surface area (Å²) in [5, 5.41) is 4.56. The van der Waals surface area contributed by atoms with E-state index in [9.17, 15) is 0 Å². The van der Waals surface area contributed by atoms with Crippen LogP contribution in [0, 0.1) is 6.92 Å². The Kier molecular flexibility index (Phi) is 5.85. The zero-order valence-corrected chi connectivity index (χ0v) is 15.4. The molecule has 0 heterocycles. The first kappa shape index (κ1) is 17.7. The van der Waals surface area contributed by atoms with E-state index < -0.39 is 0 Å². The molecule has 3 rings (SSSR count). The number of ether oxygens (including phenoxy) is 1. The Hall–Kier alpha value is -2.16. The van der Waals surface area contributed by atoms with Crippen molar-refractivity contribution in [3.63, 3.8) is 0 Å². The number of anilines is 1. The van der Waals surface area contributed by atoms with Gasteiger partial charge in [-0.15, -0.1) is 0 Å². The van der Waals surface area contributed by atoms with Crippen LogP contribution in [0.15, 0.2) is 66.7 Å². The Bertz CT molecular complexity index is 844. The minimum atomic E-state index is 0.558. The average molecular weight is 372 g/mol. The Balaban J connectivity index is 1.61. The van der Waals surface area contributed by atoms with Crippen molar-refractivity contribution in [2.24, 2.45) is 0 Å². The van der Waals surface area contributed by atoms with Crippen molar-refractivity contribution in [3.05, 3.63) is 93.5 Å². The zero-order chi connectivity index (χ0) is 17.6.